The van der Waals surface area contributed by atoms with E-state index < -0.39 is 0 Å². The van der Waals surface area contributed by atoms with Crippen molar-refractivity contribution in [2.45, 2.75) is 19.9 Å². The van der Waals surface area contributed by atoms with Crippen LogP contribution in [0.2, 0.25) is 0 Å². The summed E-state index contributed by atoms with van der Waals surface area (Å²) in [4.78, 5) is 11.5. The summed E-state index contributed by atoms with van der Waals surface area (Å²) < 4.78 is 31.4. The van der Waals surface area contributed by atoms with Crippen molar-refractivity contribution in [2.75, 3.05) is 92.9 Å². The monoisotopic (exact) mass is 398 g/mol. The summed E-state index contributed by atoms with van der Waals surface area (Å²) in [5, 5.41) is 5.99. The molecular weight excluding hydrogens is 356 g/mol. The lowest BCUT2D eigenvalue weighted by molar-refractivity contribution is -0.126. The lowest BCUT2D eigenvalue weighted by Gasteiger charge is -2.09. The molecule has 0 unspecified atom stereocenters. The molecule has 0 saturated heterocycles. The Morgan fingerprint density at radius 2 is 1.22 bits per heavy atom. The molecule has 0 aromatic rings. The average Bonchev–Trinajstić information content (AvgIpc) is 2.64. The Kier molecular flexibility index (Phi) is 20.8. The van der Waals surface area contributed by atoms with Crippen LogP contribution in [-0.2, 0) is 33.2 Å². The molecule has 0 radical (unpaired) electrons. The van der Waals surface area contributed by atoms with Crippen LogP contribution in [0.3, 0.4) is 0 Å². The minimum absolute atomic E-state index is 0. The summed E-state index contributed by atoms with van der Waals surface area (Å²) in [5.41, 5.74) is 0. The molecule has 0 aliphatic carbocycles. The molecule has 0 saturated carbocycles. The molecule has 0 fully saturated rings. The molecule has 9 nitrogen and oxygen atoms in total. The van der Waals surface area contributed by atoms with Crippen LogP contribution in [0.1, 0.15) is 16.7 Å². The van der Waals surface area contributed by atoms with Gasteiger partial charge in [-0.1, -0.05) is 13.8 Å². The minimum Gasteiger partial charge on any atom is -0.382 e. The second kappa shape index (κ2) is 21.5. The van der Waals surface area contributed by atoms with E-state index >= 15 is 0 Å². The van der Waals surface area contributed by atoms with Crippen molar-refractivity contribution >= 4 is 5.91 Å². The van der Waals surface area contributed by atoms with Crippen LogP contribution in [-0.4, -0.2) is 105 Å². The first-order valence-electron chi connectivity index (χ1n) is 9.54. The fourth-order valence-electron chi connectivity index (χ4n) is 1.80. The highest BCUT2D eigenvalue weighted by atomic mass is 16.6. The fraction of sp³-hybridized carbons (Fsp3) is 0.944. The summed E-state index contributed by atoms with van der Waals surface area (Å²) in [5.74, 6) is -0.169. The van der Waals surface area contributed by atoms with Gasteiger partial charge in [-0.2, -0.15) is 0 Å². The third-order valence-electron chi connectivity index (χ3n) is 3.15. The molecule has 0 bridgehead atoms. The van der Waals surface area contributed by atoms with E-state index in [1.165, 1.54) is 0 Å². The predicted octanol–water partition coefficient (Wildman–Crippen LogP) is 0.322. The van der Waals surface area contributed by atoms with Crippen molar-refractivity contribution in [3.63, 3.8) is 0 Å². The maximum atomic E-state index is 11.5. The first-order valence-corrected chi connectivity index (χ1v) is 9.54. The Bertz CT molecular complexity index is 331. The average molecular weight is 399 g/mol. The normalized spacial score (nSPS) is 11.3. The highest BCUT2D eigenvalue weighted by molar-refractivity contribution is 5.77. The molecule has 0 heterocycles. The fourth-order valence-corrected chi connectivity index (χ4v) is 1.80. The maximum absolute atomic E-state index is 11.5. The van der Waals surface area contributed by atoms with Gasteiger partial charge in [-0.05, 0) is 0 Å². The number of methoxy groups -OCH3 is 1. The van der Waals surface area contributed by atoms with Crippen molar-refractivity contribution in [2.24, 2.45) is 0 Å². The molecule has 166 valence electrons. The molecule has 2 N–H and O–H groups in total. The molecule has 9 heteroatoms. The van der Waals surface area contributed by atoms with E-state index in [2.05, 4.69) is 24.5 Å². The topological polar surface area (TPSA) is 96.5 Å². The zero-order valence-electron chi connectivity index (χ0n) is 17.1. The van der Waals surface area contributed by atoms with Crippen LogP contribution in [0.5, 0.6) is 0 Å². The Labute approximate surface area is 166 Å². The second-order valence-corrected chi connectivity index (χ2v) is 5.95. The van der Waals surface area contributed by atoms with Crippen LogP contribution in [0.15, 0.2) is 0 Å². The van der Waals surface area contributed by atoms with E-state index in [1.807, 2.05) is 0 Å². The van der Waals surface area contributed by atoms with E-state index in [0.29, 0.717) is 78.7 Å². The molecule has 0 aromatic heterocycles. The van der Waals surface area contributed by atoms with E-state index in [-0.39, 0.29) is 15.4 Å². The van der Waals surface area contributed by atoms with E-state index in [1.54, 1.807) is 7.11 Å². The summed E-state index contributed by atoms with van der Waals surface area (Å²) >= 11 is 0. The van der Waals surface area contributed by atoms with Gasteiger partial charge in [-0.15, -0.1) is 0 Å². The summed E-state index contributed by atoms with van der Waals surface area (Å²) in [7, 11) is 1.63. The highest BCUT2D eigenvalue weighted by Crippen LogP contribution is 1.83. The molecule has 0 spiro atoms. The molecule has 0 aliphatic heterocycles. The van der Waals surface area contributed by atoms with Crippen LogP contribution >= 0.6 is 0 Å². The largest absolute Gasteiger partial charge is 0.382 e. The standard InChI is InChI=1S/C18H38N2O7.2H2/c1-17(2)19-4-6-23-10-11-24-7-5-20-18(21)16-27-15-14-26-13-12-25-9-8-22-3;;/h17,19H,4-16H2,1-3H3,(H,20,21);2*1H. The zero-order valence-corrected chi connectivity index (χ0v) is 17.1. The van der Waals surface area contributed by atoms with Gasteiger partial charge in [0.25, 0.3) is 0 Å². The van der Waals surface area contributed by atoms with Gasteiger partial charge >= 0.3 is 0 Å². The Morgan fingerprint density at radius 1 is 0.741 bits per heavy atom. The van der Waals surface area contributed by atoms with Gasteiger partial charge in [-0.25, -0.2) is 0 Å². The van der Waals surface area contributed by atoms with Crippen molar-refractivity contribution in [3.8, 4) is 0 Å². The van der Waals surface area contributed by atoms with Crippen LogP contribution < -0.4 is 10.6 Å². The highest BCUT2D eigenvalue weighted by Gasteiger charge is 2.00. The molecule has 0 aliphatic rings. The number of nitrogens with one attached hydrogen (secondary N) is 2. The third-order valence-corrected chi connectivity index (χ3v) is 3.15. The van der Waals surface area contributed by atoms with E-state index in [4.69, 9.17) is 28.4 Å². The van der Waals surface area contributed by atoms with Gasteiger partial charge < -0.3 is 39.1 Å². The van der Waals surface area contributed by atoms with Gasteiger partial charge in [0.1, 0.15) is 6.61 Å². The van der Waals surface area contributed by atoms with Gasteiger partial charge in [0.15, 0.2) is 0 Å². The number of hydrogen-bond donors (Lipinski definition) is 2. The maximum Gasteiger partial charge on any atom is 0.246 e. The Balaban J connectivity index is -0.00000338. The number of ether oxygens (including phenoxy) is 6. The number of carbonyl (C=O) groups excluding carboxylic acids is 1. The zero-order chi connectivity index (χ0) is 20.0. The minimum atomic E-state index is -0.169. The lowest BCUT2D eigenvalue weighted by Crippen LogP contribution is -2.31. The first kappa shape index (κ1) is 26.2. The first-order chi connectivity index (χ1) is 13.2. The number of amides is 1. The predicted molar refractivity (Wildman–Crippen MR) is 106 cm³/mol. The van der Waals surface area contributed by atoms with Crippen molar-refractivity contribution < 1.29 is 36.1 Å². The van der Waals surface area contributed by atoms with Crippen molar-refractivity contribution in [3.05, 3.63) is 0 Å². The van der Waals surface area contributed by atoms with Crippen molar-refractivity contribution in [1.29, 1.82) is 0 Å². The Hall–Kier alpha value is -0.810. The molecule has 0 rings (SSSR count). The molecule has 1 amide bonds. The lowest BCUT2D eigenvalue weighted by atomic mass is 10.4. The molecule has 0 atom stereocenters. The quantitative estimate of drug-likeness (QED) is 0.267. The number of carbonyl (C=O) groups is 1. The number of rotatable bonds is 21. The Morgan fingerprint density at radius 3 is 1.78 bits per heavy atom. The van der Waals surface area contributed by atoms with Gasteiger partial charge in [0.2, 0.25) is 5.91 Å². The second-order valence-electron chi connectivity index (χ2n) is 5.95. The van der Waals surface area contributed by atoms with E-state index in [0.717, 1.165) is 6.54 Å². The van der Waals surface area contributed by atoms with Gasteiger partial charge in [0, 0.05) is 29.1 Å². The van der Waals surface area contributed by atoms with Crippen molar-refractivity contribution in [1.82, 2.24) is 10.6 Å². The van der Waals surface area contributed by atoms with E-state index in [9.17, 15) is 4.79 Å². The van der Waals surface area contributed by atoms with Crippen LogP contribution in [0.25, 0.3) is 0 Å². The van der Waals surface area contributed by atoms with Gasteiger partial charge in [0.05, 0.1) is 66.1 Å². The molecular formula is C18H42N2O7. The molecule has 0 aromatic carbocycles. The number of hydrogen-bond acceptors (Lipinski definition) is 8. The van der Waals surface area contributed by atoms with Gasteiger partial charge in [-0.3, -0.25) is 4.79 Å². The molecule has 27 heavy (non-hydrogen) atoms. The SMILES string of the molecule is COCCOCCOCCOCC(=O)NCCOCCOCCNC(C)C.[HH].[HH]. The summed E-state index contributed by atoms with van der Waals surface area (Å²) in [6.07, 6.45) is 0. The summed E-state index contributed by atoms with van der Waals surface area (Å²) in [6, 6.07) is 0.468. The van der Waals surface area contributed by atoms with Crippen LogP contribution in [0.4, 0.5) is 0 Å². The van der Waals surface area contributed by atoms with Crippen LogP contribution in [0, 0.1) is 0 Å². The third kappa shape index (κ3) is 23.2. The summed E-state index contributed by atoms with van der Waals surface area (Å²) in [6.45, 7) is 10.6. The smallest absolute Gasteiger partial charge is 0.246 e.